The Kier molecular flexibility index (Phi) is 7.01. The lowest BCUT2D eigenvalue weighted by atomic mass is 10.2. The summed E-state index contributed by atoms with van der Waals surface area (Å²) in [6.45, 7) is 4.81. The smallest absolute Gasteiger partial charge is 0.222 e. The standard InChI is InChI=1S/C19H28N4O2/c1-5-19(24)23(12-11-21(2)3)15-18-20-9-10-22(18)14-16-7-6-8-17(13-16)25-4/h6-10,13H,5,11-12,14-15H2,1-4H3/p+1. The van der Waals surface area contributed by atoms with Crippen LogP contribution in [0.5, 0.6) is 5.75 Å². The molecule has 1 amide bonds. The number of likely N-dealkylation sites (N-methyl/N-ethyl adjacent to an activating group) is 1. The van der Waals surface area contributed by atoms with Gasteiger partial charge >= 0.3 is 0 Å². The van der Waals surface area contributed by atoms with Gasteiger partial charge in [-0.25, -0.2) is 4.98 Å². The molecule has 1 N–H and O–H groups in total. The molecule has 2 rings (SSSR count). The van der Waals surface area contributed by atoms with E-state index in [2.05, 4.69) is 29.7 Å². The van der Waals surface area contributed by atoms with Crippen molar-refractivity contribution in [3.05, 3.63) is 48.0 Å². The van der Waals surface area contributed by atoms with Crippen LogP contribution < -0.4 is 9.64 Å². The van der Waals surface area contributed by atoms with Crippen LogP contribution in [0.2, 0.25) is 0 Å². The first kappa shape index (κ1) is 19.0. The third-order valence-electron chi connectivity index (χ3n) is 4.16. The molecule has 0 fully saturated rings. The van der Waals surface area contributed by atoms with E-state index in [-0.39, 0.29) is 5.91 Å². The number of hydrogen-bond acceptors (Lipinski definition) is 3. The van der Waals surface area contributed by atoms with E-state index in [1.165, 1.54) is 4.90 Å². The van der Waals surface area contributed by atoms with Gasteiger partial charge in [0.1, 0.15) is 11.6 Å². The van der Waals surface area contributed by atoms with Crippen LogP contribution in [-0.2, 0) is 17.9 Å². The van der Waals surface area contributed by atoms with Gasteiger partial charge in [-0.15, -0.1) is 0 Å². The highest BCUT2D eigenvalue weighted by molar-refractivity contribution is 5.75. The van der Waals surface area contributed by atoms with Crippen LogP contribution in [0.25, 0.3) is 0 Å². The molecule has 1 aromatic carbocycles. The SMILES string of the molecule is CCC(=O)N(CC[NH+](C)C)Cc1nccn1Cc1cccc(OC)c1. The molecule has 6 nitrogen and oxygen atoms in total. The molecule has 0 radical (unpaired) electrons. The molecule has 0 unspecified atom stereocenters. The third-order valence-corrected chi connectivity index (χ3v) is 4.16. The number of quaternary nitrogens is 1. The van der Waals surface area contributed by atoms with E-state index < -0.39 is 0 Å². The minimum Gasteiger partial charge on any atom is -0.497 e. The quantitative estimate of drug-likeness (QED) is 0.732. The fraction of sp³-hybridized carbons (Fsp3) is 0.474. The summed E-state index contributed by atoms with van der Waals surface area (Å²) in [5, 5.41) is 0. The molecule has 1 aromatic heterocycles. The summed E-state index contributed by atoms with van der Waals surface area (Å²) in [7, 11) is 5.86. The van der Waals surface area contributed by atoms with Crippen molar-refractivity contribution in [2.45, 2.75) is 26.4 Å². The zero-order chi connectivity index (χ0) is 18.2. The molecule has 25 heavy (non-hydrogen) atoms. The highest BCUT2D eigenvalue weighted by Crippen LogP contribution is 2.15. The van der Waals surface area contributed by atoms with Crippen LogP contribution in [0, 0.1) is 0 Å². The maximum Gasteiger partial charge on any atom is 0.222 e. The Balaban J connectivity index is 2.11. The van der Waals surface area contributed by atoms with E-state index in [9.17, 15) is 4.79 Å². The fourth-order valence-corrected chi connectivity index (χ4v) is 2.65. The van der Waals surface area contributed by atoms with Gasteiger partial charge in [0.2, 0.25) is 5.91 Å². The third kappa shape index (κ3) is 5.60. The van der Waals surface area contributed by atoms with E-state index >= 15 is 0 Å². The van der Waals surface area contributed by atoms with Gasteiger partial charge in [0.25, 0.3) is 0 Å². The van der Waals surface area contributed by atoms with Gasteiger partial charge in [-0.2, -0.15) is 0 Å². The number of amides is 1. The minimum absolute atomic E-state index is 0.164. The summed E-state index contributed by atoms with van der Waals surface area (Å²) in [6, 6.07) is 8.01. The number of rotatable bonds is 9. The number of carbonyl (C=O) groups excluding carboxylic acids is 1. The van der Waals surface area contributed by atoms with E-state index in [1.807, 2.05) is 36.2 Å². The lowest BCUT2D eigenvalue weighted by Gasteiger charge is -2.23. The zero-order valence-electron chi connectivity index (χ0n) is 15.7. The molecule has 136 valence electrons. The van der Waals surface area contributed by atoms with E-state index in [1.54, 1.807) is 13.3 Å². The highest BCUT2D eigenvalue weighted by atomic mass is 16.5. The van der Waals surface area contributed by atoms with Crippen LogP contribution in [0.15, 0.2) is 36.7 Å². The second kappa shape index (κ2) is 9.22. The molecule has 0 aliphatic heterocycles. The molecule has 0 saturated heterocycles. The molecule has 0 atom stereocenters. The minimum atomic E-state index is 0.164. The Hall–Kier alpha value is -2.34. The number of nitrogens with one attached hydrogen (secondary N) is 1. The number of methoxy groups -OCH3 is 1. The van der Waals surface area contributed by atoms with Crippen LogP contribution >= 0.6 is 0 Å². The topological polar surface area (TPSA) is 51.8 Å². The molecular formula is C19H29N4O2+. The molecule has 0 saturated carbocycles. The maximum atomic E-state index is 12.3. The first-order chi connectivity index (χ1) is 12.0. The Labute approximate surface area is 150 Å². The van der Waals surface area contributed by atoms with Crippen molar-refractivity contribution in [1.29, 1.82) is 0 Å². The summed E-state index contributed by atoms with van der Waals surface area (Å²) in [5.41, 5.74) is 1.14. The molecule has 0 aliphatic carbocycles. The fourth-order valence-electron chi connectivity index (χ4n) is 2.65. The molecule has 0 aliphatic rings. The number of carbonyl (C=O) groups is 1. The Morgan fingerprint density at radius 2 is 2.16 bits per heavy atom. The van der Waals surface area contributed by atoms with Crippen molar-refractivity contribution < 1.29 is 14.4 Å². The van der Waals surface area contributed by atoms with Gasteiger partial charge in [-0.3, -0.25) is 4.79 Å². The Morgan fingerprint density at radius 1 is 1.36 bits per heavy atom. The van der Waals surface area contributed by atoms with Crippen molar-refractivity contribution >= 4 is 5.91 Å². The number of benzene rings is 1. The lowest BCUT2D eigenvalue weighted by molar-refractivity contribution is -0.857. The second-order valence-corrected chi connectivity index (χ2v) is 6.45. The summed E-state index contributed by atoms with van der Waals surface area (Å²) in [6.07, 6.45) is 4.27. The molecular weight excluding hydrogens is 316 g/mol. The van der Waals surface area contributed by atoms with Crippen LogP contribution in [-0.4, -0.2) is 54.7 Å². The van der Waals surface area contributed by atoms with Gasteiger partial charge in [-0.05, 0) is 17.7 Å². The van der Waals surface area contributed by atoms with Crippen LogP contribution in [0.1, 0.15) is 24.7 Å². The molecule has 0 spiro atoms. The summed E-state index contributed by atoms with van der Waals surface area (Å²) in [5.74, 6) is 1.91. The van der Waals surface area contributed by atoms with E-state index in [4.69, 9.17) is 4.74 Å². The predicted octanol–water partition coefficient (Wildman–Crippen LogP) is 0.823. The molecule has 2 aromatic rings. The molecule has 0 bridgehead atoms. The predicted molar refractivity (Wildman–Crippen MR) is 97.7 cm³/mol. The van der Waals surface area contributed by atoms with Crippen molar-refractivity contribution in [1.82, 2.24) is 14.5 Å². The largest absolute Gasteiger partial charge is 0.497 e. The normalized spacial score (nSPS) is 10.9. The first-order valence-corrected chi connectivity index (χ1v) is 8.73. The lowest BCUT2D eigenvalue weighted by Crippen LogP contribution is -3.06. The zero-order valence-corrected chi connectivity index (χ0v) is 15.7. The van der Waals surface area contributed by atoms with Gasteiger partial charge in [-0.1, -0.05) is 19.1 Å². The van der Waals surface area contributed by atoms with Crippen molar-refractivity contribution in [2.24, 2.45) is 0 Å². The van der Waals surface area contributed by atoms with Gasteiger partial charge < -0.3 is 19.1 Å². The maximum absolute atomic E-state index is 12.3. The van der Waals surface area contributed by atoms with Gasteiger partial charge in [0, 0.05) is 25.4 Å². The van der Waals surface area contributed by atoms with Crippen LogP contribution in [0.4, 0.5) is 0 Å². The van der Waals surface area contributed by atoms with Crippen LogP contribution in [0.3, 0.4) is 0 Å². The van der Waals surface area contributed by atoms with E-state index in [0.717, 1.165) is 30.2 Å². The van der Waals surface area contributed by atoms with Gasteiger partial charge in [0.15, 0.2) is 0 Å². The number of ether oxygens (including phenoxy) is 1. The number of nitrogens with zero attached hydrogens (tertiary/aromatic N) is 3. The highest BCUT2D eigenvalue weighted by Gasteiger charge is 2.16. The Bertz CT molecular complexity index is 682. The summed E-state index contributed by atoms with van der Waals surface area (Å²) >= 11 is 0. The first-order valence-electron chi connectivity index (χ1n) is 8.73. The number of hydrogen-bond donors (Lipinski definition) is 1. The summed E-state index contributed by atoms with van der Waals surface area (Å²) < 4.78 is 7.38. The van der Waals surface area contributed by atoms with E-state index in [0.29, 0.717) is 19.5 Å². The number of aromatic nitrogens is 2. The van der Waals surface area contributed by atoms with Gasteiger partial charge in [0.05, 0.1) is 40.8 Å². The van der Waals surface area contributed by atoms with Crippen molar-refractivity contribution in [3.8, 4) is 5.75 Å². The van der Waals surface area contributed by atoms with Crippen molar-refractivity contribution in [2.75, 3.05) is 34.3 Å². The Morgan fingerprint density at radius 3 is 2.84 bits per heavy atom. The number of imidazole rings is 1. The average molecular weight is 345 g/mol. The summed E-state index contributed by atoms with van der Waals surface area (Å²) in [4.78, 5) is 20.0. The average Bonchev–Trinajstić information content (AvgIpc) is 3.04. The second-order valence-electron chi connectivity index (χ2n) is 6.45. The monoisotopic (exact) mass is 345 g/mol. The molecule has 1 heterocycles. The van der Waals surface area contributed by atoms with Crippen molar-refractivity contribution in [3.63, 3.8) is 0 Å². The molecule has 6 heteroatoms.